The monoisotopic (exact) mass is 711 g/mol. The summed E-state index contributed by atoms with van der Waals surface area (Å²) in [5.41, 5.74) is 0.614. The van der Waals surface area contributed by atoms with Gasteiger partial charge in [0.05, 0.1) is 18.1 Å². The summed E-state index contributed by atoms with van der Waals surface area (Å²) in [4.78, 5) is 34.8. The van der Waals surface area contributed by atoms with Gasteiger partial charge in [0, 0.05) is 5.97 Å². The number of rotatable bonds is 13. The second kappa shape index (κ2) is 19.7. The van der Waals surface area contributed by atoms with Gasteiger partial charge in [-0.25, -0.2) is 5.09 Å². The van der Waals surface area contributed by atoms with Crippen molar-refractivity contribution in [2.24, 2.45) is 52.3 Å². The van der Waals surface area contributed by atoms with Gasteiger partial charge in [0.25, 0.3) is 0 Å². The van der Waals surface area contributed by atoms with Crippen LogP contribution < -0.4 is 174 Å². The van der Waals surface area contributed by atoms with Crippen molar-refractivity contribution in [3.63, 3.8) is 0 Å². The molecule has 8 nitrogen and oxygen atoms in total. The van der Waals surface area contributed by atoms with Gasteiger partial charge in [-0.05, 0) is 123 Å². The molecule has 2 unspecified atom stereocenters. The predicted octanol–water partition coefficient (Wildman–Crippen LogP) is -4.79. The molecule has 4 rings (SSSR count). The van der Waals surface area contributed by atoms with Crippen molar-refractivity contribution in [1.29, 1.82) is 0 Å². The molecule has 0 spiro atoms. The van der Waals surface area contributed by atoms with E-state index in [1.54, 1.807) is 0 Å². The molecule has 11 atom stereocenters. The minimum atomic E-state index is -4.72. The van der Waals surface area contributed by atoms with E-state index in [4.69, 9.17) is 4.52 Å². The number of carbonyl (C=O) groups excluding carboxylic acids is 2. The summed E-state index contributed by atoms with van der Waals surface area (Å²) in [7, 11) is -4.72. The van der Waals surface area contributed by atoms with Crippen LogP contribution in [0.2, 0.25) is 0 Å². The molecule has 0 aromatic heterocycles. The van der Waals surface area contributed by atoms with Gasteiger partial charge in [0.15, 0.2) is 0 Å². The molecule has 0 radical (unpaired) electrons. The van der Waals surface area contributed by atoms with Gasteiger partial charge >= 0.3 is 154 Å². The van der Waals surface area contributed by atoms with E-state index in [0.717, 1.165) is 42.4 Å². The van der Waals surface area contributed by atoms with Gasteiger partial charge in [-0.2, -0.15) is 0 Å². The summed E-state index contributed by atoms with van der Waals surface area (Å²) >= 11 is 0. The van der Waals surface area contributed by atoms with Crippen LogP contribution in [0.5, 0.6) is 0 Å². The number of carboxylic acid groups (broad SMARTS) is 2. The fourth-order valence-electron chi connectivity index (χ4n) is 10.3. The molecule has 0 amide bonds. The van der Waals surface area contributed by atoms with Crippen molar-refractivity contribution in [2.75, 3.05) is 0 Å². The summed E-state index contributed by atoms with van der Waals surface area (Å²) < 4.78 is 18.2. The average Bonchev–Trinajstić information content (AvgIpc) is 3.23. The van der Waals surface area contributed by atoms with E-state index >= 15 is 0 Å². The zero-order valence-corrected chi connectivity index (χ0v) is 39.2. The number of hydrogen-bond donors (Lipinski definition) is 1. The van der Waals surface area contributed by atoms with Crippen LogP contribution in [-0.2, 0) is 18.7 Å². The molecule has 0 heterocycles. The van der Waals surface area contributed by atoms with Crippen molar-refractivity contribution < 1.29 is 188 Å². The summed E-state index contributed by atoms with van der Waals surface area (Å²) in [6.45, 7) is 12.2. The maximum atomic E-state index is 12.7. The molecule has 4 fully saturated rings. The van der Waals surface area contributed by atoms with Crippen molar-refractivity contribution in [3.05, 3.63) is 0 Å². The van der Waals surface area contributed by atoms with Crippen LogP contribution >= 0.6 is 7.75 Å². The molecule has 44 heavy (non-hydrogen) atoms. The van der Waals surface area contributed by atoms with Crippen molar-refractivity contribution in [1.82, 2.24) is 5.09 Å². The minimum absolute atomic E-state index is 0. The van der Waals surface area contributed by atoms with Crippen LogP contribution in [0.3, 0.4) is 0 Å². The second-order valence-corrected chi connectivity index (χ2v) is 16.6. The summed E-state index contributed by atoms with van der Waals surface area (Å²) in [6.07, 6.45) is 12.2. The molecule has 0 bridgehead atoms. The third-order valence-electron chi connectivity index (χ3n) is 12.3. The second-order valence-electron chi connectivity index (χ2n) is 15.1. The number of carboxylic acids is 2. The third-order valence-corrected chi connectivity index (χ3v) is 13.5. The maximum absolute atomic E-state index is 12.7. The normalized spacial score (nSPS) is 37.0. The molecule has 236 valence electrons. The van der Waals surface area contributed by atoms with Gasteiger partial charge in [-0.15, -0.1) is 0 Å². The van der Waals surface area contributed by atoms with Gasteiger partial charge in [0.2, 0.25) is 7.75 Å². The fraction of sp³-hybridized carbons (Fsp3) is 0.938. The number of carbonyl (C=O) groups is 2. The minimum Gasteiger partial charge on any atom is -0.766 e. The number of nitrogens with one attached hydrogen (secondary N) is 1. The Kier molecular flexibility index (Phi) is 20.6. The van der Waals surface area contributed by atoms with E-state index in [2.05, 4.69) is 34.6 Å². The fourth-order valence-corrected chi connectivity index (χ4v) is 11.5. The molecule has 4 saturated carbocycles. The van der Waals surface area contributed by atoms with Crippen molar-refractivity contribution in [2.45, 2.75) is 137 Å². The molecule has 4 aliphatic rings. The molecule has 12 heteroatoms. The topological polar surface area (TPSA) is 142 Å². The van der Waals surface area contributed by atoms with Gasteiger partial charge in [-0.3, -0.25) is 4.57 Å². The smallest absolute Gasteiger partial charge is 0.766 e. The molecule has 0 aromatic rings. The van der Waals surface area contributed by atoms with E-state index in [1.165, 1.54) is 51.4 Å². The first kappa shape index (κ1) is 46.0. The number of fused-ring (bicyclic) bond motifs is 5. The van der Waals surface area contributed by atoms with Crippen molar-refractivity contribution in [3.8, 4) is 0 Å². The SMILES string of the molecule is CC(C)CCC[C@@H](C)[C@H]1CC[C@H]2[C@@H]3CCC4C[C@@H](OP(=O)([O-])N[C@@H](CCC(=O)[O-])C(=O)[O-])CC[C@]4(C)[C@H]3CC[C@]12C.[K+].[K+].[K+]. The molecular weight excluding hydrogens is 659 g/mol. The predicted molar refractivity (Wildman–Crippen MR) is 152 cm³/mol. The molecule has 1 N–H and O–H groups in total. The Morgan fingerprint density at radius 1 is 0.886 bits per heavy atom. The first-order chi connectivity index (χ1) is 19.2. The Hall–Kier alpha value is 3.96. The zero-order valence-electron chi connectivity index (χ0n) is 28.9. The average molecular weight is 712 g/mol. The maximum Gasteiger partial charge on any atom is 1.00 e. The Morgan fingerprint density at radius 2 is 1.52 bits per heavy atom. The van der Waals surface area contributed by atoms with Gasteiger partial charge in [0.1, 0.15) is 0 Å². The van der Waals surface area contributed by atoms with E-state index in [0.29, 0.717) is 30.1 Å². The van der Waals surface area contributed by atoms with E-state index < -0.39 is 44.7 Å². The number of hydrogen-bond acceptors (Lipinski definition) is 7. The van der Waals surface area contributed by atoms with Crippen LogP contribution in [0.25, 0.3) is 0 Å². The van der Waals surface area contributed by atoms with Crippen LogP contribution in [0.1, 0.15) is 125 Å². The standard InChI is InChI=1S/C32H56NO7P.3K/c1-20(2)7-6-8-21(3)25-11-12-26-24-10-9-22-19-23(15-17-31(22,4)27(24)16-18-32(25,26)5)40-41(38,39)33-28(30(36)37)13-14-29(34)35;;;/h20-28H,6-19H2,1-5H3,(H,34,35)(H,36,37)(H2,33,38,39);;;/q;3*+1/p-3/t21-,22?,23+,24+,25-,26+,27+,28+,31+,32-;;;/m1.../s1. The third kappa shape index (κ3) is 11.2. The van der Waals surface area contributed by atoms with Crippen LogP contribution in [-0.4, -0.2) is 24.1 Å². The summed E-state index contributed by atoms with van der Waals surface area (Å²) in [5, 5.41) is 24.1. The molecule has 0 saturated heterocycles. The van der Waals surface area contributed by atoms with Gasteiger partial charge in [-0.1, -0.05) is 53.9 Å². The molecule has 0 aliphatic heterocycles. The van der Waals surface area contributed by atoms with Crippen molar-refractivity contribution >= 4 is 19.7 Å². The molecular formula is C32H53K3NO7P. The summed E-state index contributed by atoms with van der Waals surface area (Å²) in [5.74, 6) is 1.85. The van der Waals surface area contributed by atoms with E-state index in [1.807, 2.05) is 5.09 Å². The van der Waals surface area contributed by atoms with Crippen LogP contribution in [0, 0.1) is 52.3 Å². The molecule has 4 aliphatic carbocycles. The van der Waals surface area contributed by atoms with Gasteiger partial charge < -0.3 is 29.2 Å². The molecule has 0 aromatic carbocycles. The quantitative estimate of drug-likeness (QED) is 0.148. The summed E-state index contributed by atoms with van der Waals surface area (Å²) in [6, 6.07) is -1.66. The van der Waals surface area contributed by atoms with E-state index in [9.17, 15) is 29.3 Å². The zero-order chi connectivity index (χ0) is 30.2. The largest absolute Gasteiger partial charge is 1.00 e. The number of aliphatic carboxylic acids is 2. The Labute approximate surface area is 394 Å². The van der Waals surface area contributed by atoms with E-state index in [-0.39, 0.29) is 160 Å². The Morgan fingerprint density at radius 3 is 2.14 bits per heavy atom. The first-order valence-electron chi connectivity index (χ1n) is 16.3. The first-order valence-corrected chi connectivity index (χ1v) is 17.9. The van der Waals surface area contributed by atoms with Crippen LogP contribution in [0.4, 0.5) is 0 Å². The Balaban J connectivity index is 0.00000323. The van der Waals surface area contributed by atoms with Crippen LogP contribution in [0.15, 0.2) is 0 Å². The Bertz CT molecular complexity index is 1000.